The maximum absolute atomic E-state index is 11.2. The minimum atomic E-state index is -0.0315. The molecule has 2 heterocycles. The van der Waals surface area contributed by atoms with Crippen LogP contribution in [0.2, 0.25) is 0 Å². The van der Waals surface area contributed by atoms with Gasteiger partial charge in [-0.15, -0.1) is 11.3 Å². The number of carbonyl (C=O) groups excluding carboxylic acids is 1. The summed E-state index contributed by atoms with van der Waals surface area (Å²) in [5.41, 5.74) is 6.21. The second kappa shape index (κ2) is 4.54. The summed E-state index contributed by atoms with van der Waals surface area (Å²) in [5, 5.41) is 7.66. The van der Waals surface area contributed by atoms with Gasteiger partial charge >= 0.3 is 0 Å². The summed E-state index contributed by atoms with van der Waals surface area (Å²) in [6.07, 6.45) is 0. The van der Waals surface area contributed by atoms with E-state index in [1.165, 1.54) is 18.3 Å². The van der Waals surface area contributed by atoms with Crippen molar-refractivity contribution in [3.8, 4) is 0 Å². The summed E-state index contributed by atoms with van der Waals surface area (Å²) < 4.78 is 4.84. The highest BCUT2D eigenvalue weighted by Crippen LogP contribution is 2.29. The number of hydrogen-bond acceptors (Lipinski definition) is 7. The van der Waals surface area contributed by atoms with E-state index in [1.54, 1.807) is 13.0 Å². The number of nitrogen functional groups attached to an aromatic ring is 1. The number of ketones is 1. The number of carbonyl (C=O) groups is 1. The second-order valence-corrected chi connectivity index (χ2v) is 4.59. The Hall–Kier alpha value is -1.89. The molecule has 0 spiro atoms. The van der Waals surface area contributed by atoms with Crippen molar-refractivity contribution < 1.29 is 9.32 Å². The van der Waals surface area contributed by atoms with E-state index in [1.807, 2.05) is 0 Å². The summed E-state index contributed by atoms with van der Waals surface area (Å²) >= 11 is 1.32. The Morgan fingerprint density at radius 3 is 2.94 bits per heavy atom. The summed E-state index contributed by atoms with van der Waals surface area (Å²) in [7, 11) is 0. The van der Waals surface area contributed by atoms with Crippen LogP contribution < -0.4 is 11.1 Å². The van der Waals surface area contributed by atoms with Gasteiger partial charge < -0.3 is 15.6 Å². The Labute approximate surface area is 102 Å². The fourth-order valence-corrected chi connectivity index (χ4v) is 2.22. The normalized spacial score (nSPS) is 10.5. The van der Waals surface area contributed by atoms with E-state index >= 15 is 0 Å². The molecule has 2 aromatic heterocycles. The van der Waals surface area contributed by atoms with Crippen LogP contribution >= 0.6 is 11.3 Å². The molecule has 0 fully saturated rings. The fourth-order valence-electron chi connectivity index (χ4n) is 1.35. The van der Waals surface area contributed by atoms with Crippen LogP contribution in [0.25, 0.3) is 0 Å². The van der Waals surface area contributed by atoms with Crippen molar-refractivity contribution in [2.24, 2.45) is 0 Å². The predicted molar refractivity (Wildman–Crippen MR) is 65.1 cm³/mol. The van der Waals surface area contributed by atoms with E-state index in [2.05, 4.69) is 15.5 Å². The first kappa shape index (κ1) is 11.6. The molecule has 0 aromatic carbocycles. The predicted octanol–water partition coefficient (Wildman–Crippen LogP) is 1.84. The molecule has 2 aromatic rings. The van der Waals surface area contributed by atoms with E-state index in [-0.39, 0.29) is 5.78 Å². The highest BCUT2D eigenvalue weighted by molar-refractivity contribution is 7.18. The number of anilines is 2. The first-order valence-corrected chi connectivity index (χ1v) is 5.81. The summed E-state index contributed by atoms with van der Waals surface area (Å²) in [6.45, 7) is 3.66. The molecule has 6 nitrogen and oxygen atoms in total. The lowest BCUT2D eigenvalue weighted by molar-refractivity contribution is 0.102. The lowest BCUT2D eigenvalue weighted by Gasteiger charge is -1.97. The number of rotatable bonds is 4. The highest BCUT2D eigenvalue weighted by atomic mass is 32.1. The molecule has 0 aliphatic carbocycles. The van der Waals surface area contributed by atoms with Gasteiger partial charge in [0.2, 0.25) is 5.89 Å². The second-order valence-electron chi connectivity index (χ2n) is 3.53. The van der Waals surface area contributed by atoms with Gasteiger partial charge in [0.15, 0.2) is 11.6 Å². The van der Waals surface area contributed by atoms with Crippen LogP contribution in [0.15, 0.2) is 10.6 Å². The number of aromatic nitrogens is 2. The number of nitrogens with two attached hydrogens (primary N) is 1. The van der Waals surface area contributed by atoms with Crippen molar-refractivity contribution >= 4 is 27.8 Å². The number of hydrogen-bond donors (Lipinski definition) is 2. The molecule has 0 unspecified atom stereocenters. The van der Waals surface area contributed by atoms with Gasteiger partial charge in [-0.05, 0) is 6.07 Å². The molecule has 0 saturated carbocycles. The molecule has 7 heteroatoms. The number of Topliss-reactive ketones (excluding diaryl/α,β-unsaturated/α-hetero) is 1. The highest BCUT2D eigenvalue weighted by Gasteiger charge is 2.10. The molecule has 3 N–H and O–H groups in total. The van der Waals surface area contributed by atoms with Crippen LogP contribution in [-0.2, 0) is 6.54 Å². The van der Waals surface area contributed by atoms with Gasteiger partial charge in [-0.25, -0.2) is 0 Å². The lowest BCUT2D eigenvalue weighted by atomic mass is 10.3. The number of aryl methyl sites for hydroxylation is 1. The van der Waals surface area contributed by atoms with Crippen molar-refractivity contribution in [1.29, 1.82) is 0 Å². The van der Waals surface area contributed by atoms with Gasteiger partial charge in [0.05, 0.1) is 22.1 Å². The van der Waals surface area contributed by atoms with E-state index < -0.39 is 0 Å². The molecular weight excluding hydrogens is 240 g/mol. The maximum atomic E-state index is 11.2. The van der Waals surface area contributed by atoms with Crippen molar-refractivity contribution in [1.82, 2.24) is 10.1 Å². The molecule has 0 atom stereocenters. The van der Waals surface area contributed by atoms with Crippen molar-refractivity contribution in [3.05, 3.63) is 22.7 Å². The lowest BCUT2D eigenvalue weighted by Crippen LogP contribution is -1.99. The Morgan fingerprint density at radius 1 is 1.65 bits per heavy atom. The molecule has 0 aliphatic rings. The van der Waals surface area contributed by atoms with Crippen molar-refractivity contribution in [2.75, 3.05) is 11.1 Å². The Kier molecular flexibility index (Phi) is 3.10. The van der Waals surface area contributed by atoms with Gasteiger partial charge in [0.25, 0.3) is 0 Å². The van der Waals surface area contributed by atoms with Crippen LogP contribution in [0.1, 0.15) is 28.3 Å². The van der Waals surface area contributed by atoms with Crippen molar-refractivity contribution in [2.45, 2.75) is 20.4 Å². The minimum Gasteiger partial charge on any atom is -0.397 e. The summed E-state index contributed by atoms with van der Waals surface area (Å²) in [4.78, 5) is 15.8. The third-order valence-corrected chi connectivity index (χ3v) is 3.28. The third-order valence-electron chi connectivity index (χ3n) is 2.07. The van der Waals surface area contributed by atoms with Gasteiger partial charge in [-0.2, -0.15) is 4.98 Å². The summed E-state index contributed by atoms with van der Waals surface area (Å²) in [5.74, 6) is 1.06. The molecular formula is C10H12N4O2S. The topological polar surface area (TPSA) is 94.0 Å². The molecule has 0 radical (unpaired) electrons. The van der Waals surface area contributed by atoms with E-state index in [9.17, 15) is 4.79 Å². The Morgan fingerprint density at radius 2 is 2.41 bits per heavy atom. The SMILES string of the molecule is CC(=O)c1sc(NCc2noc(C)n2)cc1N. The minimum absolute atomic E-state index is 0.0315. The molecule has 0 aliphatic heterocycles. The fraction of sp³-hybridized carbons (Fsp3) is 0.300. The number of nitrogens with one attached hydrogen (secondary N) is 1. The molecule has 0 bridgehead atoms. The first-order valence-electron chi connectivity index (χ1n) is 4.99. The van der Waals surface area contributed by atoms with E-state index in [0.717, 1.165) is 5.00 Å². The standard InChI is InChI=1S/C10H12N4O2S/c1-5(15)10-7(11)3-9(17-10)12-4-8-13-6(2)16-14-8/h3,12H,4,11H2,1-2H3. The summed E-state index contributed by atoms with van der Waals surface area (Å²) in [6, 6.07) is 1.73. The number of nitrogens with zero attached hydrogens (tertiary/aromatic N) is 2. The van der Waals surface area contributed by atoms with Crippen LogP contribution in [0, 0.1) is 6.92 Å². The average Bonchev–Trinajstić information content (AvgIpc) is 2.82. The van der Waals surface area contributed by atoms with E-state index in [0.29, 0.717) is 28.8 Å². The van der Waals surface area contributed by atoms with Crippen LogP contribution in [0.4, 0.5) is 10.7 Å². The van der Waals surface area contributed by atoms with Gasteiger partial charge in [-0.1, -0.05) is 5.16 Å². The van der Waals surface area contributed by atoms with Gasteiger partial charge in [0, 0.05) is 13.8 Å². The third kappa shape index (κ3) is 2.62. The van der Waals surface area contributed by atoms with Crippen LogP contribution in [-0.4, -0.2) is 15.9 Å². The zero-order valence-electron chi connectivity index (χ0n) is 9.48. The van der Waals surface area contributed by atoms with Gasteiger partial charge in [0.1, 0.15) is 0 Å². The molecule has 0 amide bonds. The zero-order chi connectivity index (χ0) is 12.4. The molecule has 2 rings (SSSR count). The first-order chi connectivity index (χ1) is 8.06. The maximum Gasteiger partial charge on any atom is 0.223 e. The van der Waals surface area contributed by atoms with E-state index in [4.69, 9.17) is 10.3 Å². The quantitative estimate of drug-likeness (QED) is 0.806. The Balaban J connectivity index is 2.04. The molecule has 17 heavy (non-hydrogen) atoms. The molecule has 90 valence electrons. The van der Waals surface area contributed by atoms with Crippen molar-refractivity contribution in [3.63, 3.8) is 0 Å². The monoisotopic (exact) mass is 252 g/mol. The van der Waals surface area contributed by atoms with Crippen LogP contribution in [0.5, 0.6) is 0 Å². The smallest absolute Gasteiger partial charge is 0.223 e. The Bertz CT molecular complexity index is 546. The van der Waals surface area contributed by atoms with Crippen LogP contribution in [0.3, 0.4) is 0 Å². The van der Waals surface area contributed by atoms with Gasteiger partial charge in [-0.3, -0.25) is 4.79 Å². The largest absolute Gasteiger partial charge is 0.397 e. The number of thiophene rings is 1. The average molecular weight is 252 g/mol. The zero-order valence-corrected chi connectivity index (χ0v) is 10.3. The molecule has 0 saturated heterocycles.